The zero-order valence-electron chi connectivity index (χ0n) is 34.2. The Kier molecular flexibility index (Phi) is 9.17. The second kappa shape index (κ2) is 15.4. The van der Waals surface area contributed by atoms with E-state index >= 15 is 0 Å². The first-order valence-corrected chi connectivity index (χ1v) is 21.1. The molecule has 0 aromatic heterocycles. The van der Waals surface area contributed by atoms with E-state index in [0.717, 1.165) is 33.8 Å². The van der Waals surface area contributed by atoms with Gasteiger partial charge in [-0.3, -0.25) is 0 Å². The van der Waals surface area contributed by atoms with Crippen molar-refractivity contribution in [2.45, 2.75) is 0 Å². The molecule has 292 valence electrons. The summed E-state index contributed by atoms with van der Waals surface area (Å²) in [5.41, 5.74) is 20.6. The summed E-state index contributed by atoms with van der Waals surface area (Å²) in [6.45, 7) is 4.51. The number of para-hydroxylation sites is 2. The van der Waals surface area contributed by atoms with E-state index in [1.165, 1.54) is 76.5 Å². The van der Waals surface area contributed by atoms with E-state index in [4.69, 9.17) is 5.73 Å². The van der Waals surface area contributed by atoms with E-state index < -0.39 is 0 Å². The topological polar surface area (TPSA) is 29.3 Å². The largest absolute Gasteiger partial charge is 0.397 e. The zero-order valence-corrected chi connectivity index (χ0v) is 34.2. The van der Waals surface area contributed by atoms with Crippen LogP contribution in [0.2, 0.25) is 0 Å². The Labute approximate surface area is 362 Å². The van der Waals surface area contributed by atoms with Crippen molar-refractivity contribution >= 4 is 65.8 Å². The summed E-state index contributed by atoms with van der Waals surface area (Å²) in [6.07, 6.45) is 0. The minimum atomic E-state index is 0.695. The highest BCUT2D eigenvalue weighted by Gasteiger charge is 2.20. The molecule has 0 aliphatic carbocycles. The fraction of sp³-hybridized carbons (Fsp3) is 0. The lowest BCUT2D eigenvalue weighted by Gasteiger charge is -2.28. The molecule has 11 aromatic rings. The average molecular weight is 791 g/mol. The van der Waals surface area contributed by atoms with Crippen molar-refractivity contribution in [1.29, 1.82) is 0 Å². The van der Waals surface area contributed by atoms with Crippen LogP contribution in [0.4, 0.5) is 17.1 Å². The molecule has 62 heavy (non-hydrogen) atoms. The number of nitrogen functional groups attached to an aromatic ring is 1. The molecular formula is C60H42N2. The molecule has 0 atom stereocenters. The van der Waals surface area contributed by atoms with Crippen LogP contribution in [-0.4, -0.2) is 0 Å². The molecule has 2 nitrogen and oxygen atoms in total. The van der Waals surface area contributed by atoms with Gasteiger partial charge in [-0.2, -0.15) is 0 Å². The van der Waals surface area contributed by atoms with Crippen molar-refractivity contribution in [3.05, 3.63) is 243 Å². The van der Waals surface area contributed by atoms with Gasteiger partial charge in [-0.05, 0) is 136 Å². The maximum atomic E-state index is 6.54. The SMILES string of the molecule is C=C(c1ccccc1)N(c1ccc(-c2ccc(-c3ccc4c(-c5ccc6ccccc6c5)c5ccccc5c(-c5ccc6ccccc6c5)c4c3)cc2)cc1)c1ccccc1N. The molecule has 0 aliphatic rings. The average Bonchev–Trinajstić information content (AvgIpc) is 3.34. The maximum absolute atomic E-state index is 6.54. The number of hydrogen-bond acceptors (Lipinski definition) is 2. The van der Waals surface area contributed by atoms with Gasteiger partial charge in [0.25, 0.3) is 0 Å². The third kappa shape index (κ3) is 6.56. The minimum absolute atomic E-state index is 0.695. The van der Waals surface area contributed by atoms with Crippen LogP contribution in [0, 0.1) is 0 Å². The second-order valence-electron chi connectivity index (χ2n) is 16.0. The molecule has 11 rings (SSSR count). The van der Waals surface area contributed by atoms with Crippen LogP contribution in [0.15, 0.2) is 237 Å². The fourth-order valence-electron chi connectivity index (χ4n) is 9.22. The predicted molar refractivity (Wildman–Crippen MR) is 267 cm³/mol. The molecule has 0 unspecified atom stereocenters. The molecule has 0 fully saturated rings. The Morgan fingerprint density at radius 3 is 1.37 bits per heavy atom. The molecule has 0 spiro atoms. The molecule has 0 bridgehead atoms. The van der Waals surface area contributed by atoms with Gasteiger partial charge in [-0.1, -0.05) is 195 Å². The van der Waals surface area contributed by atoms with Crippen molar-refractivity contribution in [2.24, 2.45) is 0 Å². The van der Waals surface area contributed by atoms with Gasteiger partial charge in [0, 0.05) is 11.4 Å². The van der Waals surface area contributed by atoms with Gasteiger partial charge in [0.2, 0.25) is 0 Å². The first kappa shape index (κ1) is 36.8. The third-order valence-electron chi connectivity index (χ3n) is 12.3. The van der Waals surface area contributed by atoms with Crippen molar-refractivity contribution in [3.63, 3.8) is 0 Å². The highest BCUT2D eigenvalue weighted by atomic mass is 15.2. The Bertz CT molecular complexity index is 3470. The van der Waals surface area contributed by atoms with Gasteiger partial charge < -0.3 is 10.6 Å². The lowest BCUT2D eigenvalue weighted by Crippen LogP contribution is -2.16. The van der Waals surface area contributed by atoms with E-state index in [2.05, 4.69) is 200 Å². The summed E-state index contributed by atoms with van der Waals surface area (Å²) in [6, 6.07) is 82.8. The van der Waals surface area contributed by atoms with E-state index in [9.17, 15) is 0 Å². The van der Waals surface area contributed by atoms with E-state index in [-0.39, 0.29) is 0 Å². The smallest absolute Gasteiger partial charge is 0.0691 e. The highest BCUT2D eigenvalue weighted by molar-refractivity contribution is 6.22. The summed E-state index contributed by atoms with van der Waals surface area (Å²) in [7, 11) is 0. The molecule has 0 radical (unpaired) electrons. The number of anilines is 3. The lowest BCUT2D eigenvalue weighted by molar-refractivity contribution is 1.30. The number of nitrogens with two attached hydrogens (primary N) is 1. The van der Waals surface area contributed by atoms with Crippen LogP contribution in [-0.2, 0) is 0 Å². The molecule has 0 heterocycles. The van der Waals surface area contributed by atoms with Gasteiger partial charge in [0.15, 0.2) is 0 Å². The Balaban J connectivity index is 1.01. The molecule has 2 N–H and O–H groups in total. The highest BCUT2D eigenvalue weighted by Crippen LogP contribution is 2.46. The lowest BCUT2D eigenvalue weighted by atomic mass is 9.84. The van der Waals surface area contributed by atoms with Crippen molar-refractivity contribution in [2.75, 3.05) is 10.6 Å². The number of rotatable bonds is 8. The number of benzene rings is 11. The van der Waals surface area contributed by atoms with Crippen molar-refractivity contribution < 1.29 is 0 Å². The van der Waals surface area contributed by atoms with Crippen LogP contribution >= 0.6 is 0 Å². The van der Waals surface area contributed by atoms with Crippen molar-refractivity contribution in [1.82, 2.24) is 0 Å². The van der Waals surface area contributed by atoms with Gasteiger partial charge in [0.05, 0.1) is 11.4 Å². The van der Waals surface area contributed by atoms with Gasteiger partial charge >= 0.3 is 0 Å². The Hall–Kier alpha value is -8.20. The zero-order chi connectivity index (χ0) is 41.6. The van der Waals surface area contributed by atoms with Crippen LogP contribution < -0.4 is 10.6 Å². The molecule has 11 aromatic carbocycles. The summed E-state index contributed by atoms with van der Waals surface area (Å²) in [5, 5.41) is 9.93. The Morgan fingerprint density at radius 1 is 0.339 bits per heavy atom. The van der Waals surface area contributed by atoms with Gasteiger partial charge in [-0.25, -0.2) is 0 Å². The number of nitrogens with zero attached hydrogens (tertiary/aromatic N) is 1. The first-order chi connectivity index (χ1) is 30.6. The quantitative estimate of drug-likeness (QED) is 0.123. The molecule has 2 heteroatoms. The van der Waals surface area contributed by atoms with E-state index in [0.29, 0.717) is 5.69 Å². The molecule has 0 saturated heterocycles. The molecule has 0 aliphatic heterocycles. The van der Waals surface area contributed by atoms with Gasteiger partial charge in [0.1, 0.15) is 0 Å². The number of fused-ring (bicyclic) bond motifs is 4. The Morgan fingerprint density at radius 2 is 0.774 bits per heavy atom. The molecule has 0 amide bonds. The summed E-state index contributed by atoms with van der Waals surface area (Å²) >= 11 is 0. The summed E-state index contributed by atoms with van der Waals surface area (Å²) < 4.78 is 0. The maximum Gasteiger partial charge on any atom is 0.0691 e. The van der Waals surface area contributed by atoms with E-state index in [1.807, 2.05) is 42.5 Å². The van der Waals surface area contributed by atoms with Crippen LogP contribution in [0.1, 0.15) is 5.56 Å². The second-order valence-corrected chi connectivity index (χ2v) is 16.0. The summed E-state index contributed by atoms with van der Waals surface area (Å²) in [5.74, 6) is 0. The normalized spacial score (nSPS) is 11.4. The number of hydrogen-bond donors (Lipinski definition) is 1. The molecule has 0 saturated carbocycles. The van der Waals surface area contributed by atoms with Gasteiger partial charge in [-0.15, -0.1) is 0 Å². The molecular weight excluding hydrogens is 749 g/mol. The predicted octanol–water partition coefficient (Wildman–Crippen LogP) is 16.4. The van der Waals surface area contributed by atoms with E-state index in [1.54, 1.807) is 0 Å². The first-order valence-electron chi connectivity index (χ1n) is 21.1. The van der Waals surface area contributed by atoms with Crippen LogP contribution in [0.3, 0.4) is 0 Å². The standard InChI is InChI=1S/C60H42N2/c1-40(41-13-3-2-4-14-41)62(58-22-12-11-21-57(58)61)52-34-31-45(32-35-52)44-23-25-46(26-24-44)49-33-36-55-56(39-49)60(51-30-28-43-16-6-8-18-48(43)38-51)54-20-10-9-19-53(54)59(55)50-29-27-42-15-5-7-17-47(42)37-50/h2-39H,1,61H2. The van der Waals surface area contributed by atoms with Crippen molar-refractivity contribution in [3.8, 4) is 44.5 Å². The van der Waals surface area contributed by atoms with Crippen LogP contribution in [0.25, 0.3) is 93.3 Å². The van der Waals surface area contributed by atoms with Crippen LogP contribution in [0.5, 0.6) is 0 Å². The third-order valence-corrected chi connectivity index (χ3v) is 12.3. The fourth-order valence-corrected chi connectivity index (χ4v) is 9.22. The monoisotopic (exact) mass is 790 g/mol. The minimum Gasteiger partial charge on any atom is -0.397 e. The summed E-state index contributed by atoms with van der Waals surface area (Å²) in [4.78, 5) is 2.14.